The summed E-state index contributed by atoms with van der Waals surface area (Å²) in [5.41, 5.74) is 3.02. The van der Waals surface area contributed by atoms with Crippen LogP contribution in [0.4, 0.5) is 5.69 Å². The Kier molecular flexibility index (Phi) is 8.89. The molecule has 4 rings (SSSR count). The first kappa shape index (κ1) is 28.8. The number of carbonyl (C=O) groups is 2. The molecule has 0 amide bonds. The van der Waals surface area contributed by atoms with E-state index in [9.17, 15) is 14.4 Å². The van der Waals surface area contributed by atoms with Crippen LogP contribution >= 0.6 is 11.3 Å². The summed E-state index contributed by atoms with van der Waals surface area (Å²) in [5, 5.41) is 0. The number of allylic oxidation sites excluding steroid dienone is 1. The second kappa shape index (κ2) is 12.3. The number of carbonyl (C=O) groups excluding carboxylic acids is 2. The van der Waals surface area contributed by atoms with E-state index in [-0.39, 0.29) is 23.5 Å². The summed E-state index contributed by atoms with van der Waals surface area (Å²) in [4.78, 5) is 45.9. The fourth-order valence-electron chi connectivity index (χ4n) is 4.72. The van der Waals surface area contributed by atoms with Crippen molar-refractivity contribution in [3.8, 4) is 11.5 Å². The number of rotatable bonds is 9. The highest BCUT2D eigenvalue weighted by molar-refractivity contribution is 7.07. The average molecular weight is 564 g/mol. The maximum absolute atomic E-state index is 13.9. The van der Waals surface area contributed by atoms with Crippen molar-refractivity contribution >= 4 is 35.0 Å². The van der Waals surface area contributed by atoms with Crippen LogP contribution in [0.5, 0.6) is 11.5 Å². The number of benzene rings is 2. The number of ether oxygens (including phenoxy) is 3. The van der Waals surface area contributed by atoms with Gasteiger partial charge in [-0.05, 0) is 69.2 Å². The third-order valence-electron chi connectivity index (χ3n) is 6.59. The summed E-state index contributed by atoms with van der Waals surface area (Å²) in [5.74, 6) is -0.524. The van der Waals surface area contributed by atoms with Crippen LogP contribution in [0.25, 0.3) is 6.08 Å². The zero-order chi connectivity index (χ0) is 29.0. The van der Waals surface area contributed by atoms with Crippen LogP contribution in [0.2, 0.25) is 0 Å². The molecule has 2 heterocycles. The van der Waals surface area contributed by atoms with E-state index in [1.165, 1.54) is 29.9 Å². The number of hydrogen-bond donors (Lipinski definition) is 0. The van der Waals surface area contributed by atoms with Crippen LogP contribution < -0.4 is 29.3 Å². The van der Waals surface area contributed by atoms with Gasteiger partial charge in [-0.1, -0.05) is 29.5 Å². The highest BCUT2D eigenvalue weighted by Gasteiger charge is 2.34. The highest BCUT2D eigenvalue weighted by atomic mass is 32.1. The molecule has 0 fully saturated rings. The zero-order valence-corrected chi connectivity index (χ0v) is 24.3. The molecule has 1 aliphatic rings. The van der Waals surface area contributed by atoms with Gasteiger partial charge in [-0.25, -0.2) is 9.79 Å². The van der Waals surface area contributed by atoms with Crippen molar-refractivity contribution in [1.82, 2.24) is 4.57 Å². The van der Waals surface area contributed by atoms with Gasteiger partial charge in [-0.3, -0.25) is 14.2 Å². The number of fused-ring (bicyclic) bond motifs is 1. The molecule has 0 saturated heterocycles. The van der Waals surface area contributed by atoms with Gasteiger partial charge in [0.1, 0.15) is 0 Å². The number of anilines is 1. The standard InChI is InChI=1S/C30H33N3O6S/c1-7-32(8-2)22-13-10-20(11-14-22)16-25-28(35)33-27(21-12-15-23(39-19(5)34)24(17-21)37-6)26(29(36)38-9-3)18(4)31-30(33)40-25/h10-17,27H,7-9H2,1-6H3/b25-16+/t27-/m0/s1. The monoisotopic (exact) mass is 563 g/mol. The van der Waals surface area contributed by atoms with Crippen molar-refractivity contribution in [1.29, 1.82) is 0 Å². The molecule has 0 radical (unpaired) electrons. The predicted molar refractivity (Wildman–Crippen MR) is 155 cm³/mol. The highest BCUT2D eigenvalue weighted by Crippen LogP contribution is 2.36. The Labute approximate surface area is 236 Å². The Balaban J connectivity index is 1.88. The van der Waals surface area contributed by atoms with E-state index in [1.807, 2.05) is 30.3 Å². The summed E-state index contributed by atoms with van der Waals surface area (Å²) in [6.07, 6.45) is 1.83. The zero-order valence-electron chi connectivity index (χ0n) is 23.5. The smallest absolute Gasteiger partial charge is 0.338 e. The van der Waals surface area contributed by atoms with Crippen LogP contribution in [-0.4, -0.2) is 43.3 Å². The first-order valence-electron chi connectivity index (χ1n) is 13.1. The van der Waals surface area contributed by atoms with Crippen molar-refractivity contribution in [2.24, 2.45) is 4.99 Å². The molecule has 0 unspecified atom stereocenters. The fourth-order valence-corrected chi connectivity index (χ4v) is 5.77. The largest absolute Gasteiger partial charge is 0.493 e. The van der Waals surface area contributed by atoms with Gasteiger partial charge in [-0.15, -0.1) is 0 Å². The van der Waals surface area contributed by atoms with E-state index in [1.54, 1.807) is 32.0 Å². The minimum absolute atomic E-state index is 0.172. The molecule has 210 valence electrons. The minimum Gasteiger partial charge on any atom is -0.493 e. The molecule has 1 atom stereocenters. The summed E-state index contributed by atoms with van der Waals surface area (Å²) in [7, 11) is 1.45. The lowest BCUT2D eigenvalue weighted by Crippen LogP contribution is -2.40. The van der Waals surface area contributed by atoms with Gasteiger partial charge in [0.2, 0.25) is 0 Å². The van der Waals surface area contributed by atoms with Crippen LogP contribution in [0, 0.1) is 0 Å². The van der Waals surface area contributed by atoms with E-state index in [2.05, 4.69) is 23.7 Å². The first-order valence-corrected chi connectivity index (χ1v) is 13.9. The van der Waals surface area contributed by atoms with Crippen LogP contribution in [0.1, 0.15) is 51.8 Å². The maximum atomic E-state index is 13.9. The third-order valence-corrected chi connectivity index (χ3v) is 7.58. The van der Waals surface area contributed by atoms with Gasteiger partial charge < -0.3 is 19.1 Å². The number of esters is 2. The molecule has 10 heteroatoms. The average Bonchev–Trinajstić information content (AvgIpc) is 3.23. The van der Waals surface area contributed by atoms with E-state index >= 15 is 0 Å². The van der Waals surface area contributed by atoms with Crippen molar-refractivity contribution in [3.63, 3.8) is 0 Å². The number of aromatic nitrogens is 1. The van der Waals surface area contributed by atoms with Gasteiger partial charge in [-0.2, -0.15) is 0 Å². The molecule has 0 spiro atoms. The quantitative estimate of drug-likeness (QED) is 0.290. The second-order valence-corrected chi connectivity index (χ2v) is 10.1. The molecule has 0 bridgehead atoms. The summed E-state index contributed by atoms with van der Waals surface area (Å²) < 4.78 is 18.1. The normalized spacial score (nSPS) is 14.8. The van der Waals surface area contributed by atoms with E-state index < -0.39 is 18.0 Å². The van der Waals surface area contributed by atoms with Crippen molar-refractivity contribution in [2.75, 3.05) is 31.7 Å². The van der Waals surface area contributed by atoms with Gasteiger partial charge in [0, 0.05) is 25.7 Å². The fraction of sp³-hybridized carbons (Fsp3) is 0.333. The maximum Gasteiger partial charge on any atom is 0.338 e. The molecule has 0 aliphatic carbocycles. The van der Waals surface area contributed by atoms with Crippen molar-refractivity contribution in [3.05, 3.63) is 84.5 Å². The molecule has 3 aromatic rings. The lowest BCUT2D eigenvalue weighted by atomic mass is 9.95. The minimum atomic E-state index is -0.817. The Morgan fingerprint density at radius 3 is 2.38 bits per heavy atom. The molecule has 2 aromatic carbocycles. The van der Waals surface area contributed by atoms with E-state index in [0.717, 1.165) is 24.3 Å². The molecular formula is C30H33N3O6S. The van der Waals surface area contributed by atoms with Gasteiger partial charge in [0.05, 0.1) is 35.6 Å². The lowest BCUT2D eigenvalue weighted by Gasteiger charge is -2.25. The van der Waals surface area contributed by atoms with Gasteiger partial charge in [0.15, 0.2) is 16.3 Å². The Morgan fingerprint density at radius 1 is 1.07 bits per heavy atom. The number of thiazole rings is 1. The van der Waals surface area contributed by atoms with Gasteiger partial charge >= 0.3 is 11.9 Å². The number of hydrogen-bond acceptors (Lipinski definition) is 9. The van der Waals surface area contributed by atoms with E-state index in [0.29, 0.717) is 26.3 Å². The third kappa shape index (κ3) is 5.72. The molecule has 1 aliphatic heterocycles. The Hall–Kier alpha value is -4.18. The van der Waals surface area contributed by atoms with Gasteiger partial charge in [0.25, 0.3) is 5.56 Å². The molecule has 0 N–H and O–H groups in total. The topological polar surface area (TPSA) is 99.4 Å². The molecule has 0 saturated carbocycles. The number of nitrogens with zero attached hydrogens (tertiary/aromatic N) is 3. The summed E-state index contributed by atoms with van der Waals surface area (Å²) >= 11 is 1.26. The second-order valence-electron chi connectivity index (χ2n) is 9.07. The van der Waals surface area contributed by atoms with Crippen LogP contribution in [-0.2, 0) is 14.3 Å². The molecule has 40 heavy (non-hydrogen) atoms. The first-order chi connectivity index (χ1) is 19.2. The molecule has 1 aromatic heterocycles. The van der Waals surface area contributed by atoms with Crippen LogP contribution in [0.3, 0.4) is 0 Å². The van der Waals surface area contributed by atoms with Crippen molar-refractivity contribution < 1.29 is 23.8 Å². The SMILES string of the molecule is CCOC(=O)C1=C(C)N=c2s/c(=C/c3ccc(N(CC)CC)cc3)c(=O)n2[C@H]1c1ccc(OC(C)=O)c(OC)c1. The van der Waals surface area contributed by atoms with Crippen molar-refractivity contribution in [2.45, 2.75) is 40.7 Å². The number of methoxy groups -OCH3 is 1. The lowest BCUT2D eigenvalue weighted by molar-refractivity contribution is -0.139. The Morgan fingerprint density at radius 2 is 1.77 bits per heavy atom. The molecular weight excluding hydrogens is 530 g/mol. The Bertz CT molecular complexity index is 1630. The summed E-state index contributed by atoms with van der Waals surface area (Å²) in [6.45, 7) is 11.0. The summed E-state index contributed by atoms with van der Waals surface area (Å²) in [6, 6.07) is 12.2. The van der Waals surface area contributed by atoms with Crippen LogP contribution in [0.15, 0.2) is 63.5 Å². The van der Waals surface area contributed by atoms with E-state index in [4.69, 9.17) is 14.2 Å². The predicted octanol–water partition coefficient (Wildman–Crippen LogP) is 3.58. The molecule has 9 nitrogen and oxygen atoms in total.